The molecule has 94 valence electrons. The van der Waals surface area contributed by atoms with Gasteiger partial charge < -0.3 is 9.67 Å². The molecule has 3 nitrogen and oxygen atoms in total. The van der Waals surface area contributed by atoms with Crippen LogP contribution in [-0.2, 0) is 13.0 Å². The molecule has 0 spiro atoms. The maximum Gasteiger partial charge on any atom is 0.0807 e. The summed E-state index contributed by atoms with van der Waals surface area (Å²) < 4.78 is 2.18. The summed E-state index contributed by atoms with van der Waals surface area (Å²) in [4.78, 5) is 4.03. The van der Waals surface area contributed by atoms with Gasteiger partial charge in [-0.15, -0.1) is 0 Å². The Kier molecular flexibility index (Phi) is 3.15. The van der Waals surface area contributed by atoms with Crippen LogP contribution in [-0.4, -0.2) is 14.7 Å². The summed E-state index contributed by atoms with van der Waals surface area (Å²) in [5.74, 6) is 0. The highest BCUT2D eigenvalue weighted by atomic mass is 16.3. The van der Waals surface area contributed by atoms with Crippen molar-refractivity contribution in [3.63, 3.8) is 0 Å². The van der Waals surface area contributed by atoms with Crippen LogP contribution in [0, 0.1) is 0 Å². The summed E-state index contributed by atoms with van der Waals surface area (Å²) in [6.45, 7) is 0.849. The van der Waals surface area contributed by atoms with E-state index in [1.165, 1.54) is 17.5 Å². The molecule has 2 aromatic heterocycles. The molecule has 1 aliphatic carbocycles. The second-order valence-corrected chi connectivity index (χ2v) is 5.03. The van der Waals surface area contributed by atoms with Crippen LogP contribution >= 0.6 is 0 Å². The molecule has 0 saturated heterocycles. The van der Waals surface area contributed by atoms with Gasteiger partial charge >= 0.3 is 0 Å². The molecule has 1 atom stereocenters. The highest BCUT2D eigenvalue weighted by Crippen LogP contribution is 2.29. The lowest BCUT2D eigenvalue weighted by atomic mass is 10.1. The highest BCUT2D eigenvalue weighted by molar-refractivity contribution is 5.28. The third-order valence-electron chi connectivity index (χ3n) is 3.64. The molecule has 18 heavy (non-hydrogen) atoms. The van der Waals surface area contributed by atoms with Gasteiger partial charge in [-0.05, 0) is 42.5 Å². The van der Waals surface area contributed by atoms with E-state index in [1.54, 1.807) is 0 Å². The lowest BCUT2D eigenvalue weighted by Gasteiger charge is -2.06. The van der Waals surface area contributed by atoms with Crippen molar-refractivity contribution in [1.29, 1.82) is 0 Å². The average molecular weight is 242 g/mol. The van der Waals surface area contributed by atoms with E-state index < -0.39 is 0 Å². The van der Waals surface area contributed by atoms with Crippen molar-refractivity contribution < 1.29 is 5.11 Å². The number of nitrogens with zero attached hydrogens (tertiary/aromatic N) is 2. The third-order valence-corrected chi connectivity index (χ3v) is 3.64. The average Bonchev–Trinajstić information content (AvgIpc) is 2.71. The zero-order chi connectivity index (χ0) is 12.4. The molecule has 1 N–H and O–H groups in total. The molecule has 1 unspecified atom stereocenters. The van der Waals surface area contributed by atoms with E-state index in [1.807, 2.05) is 24.5 Å². The van der Waals surface area contributed by atoms with E-state index in [-0.39, 0.29) is 6.10 Å². The second-order valence-electron chi connectivity index (χ2n) is 5.03. The van der Waals surface area contributed by atoms with Crippen molar-refractivity contribution in [1.82, 2.24) is 9.55 Å². The zero-order valence-electron chi connectivity index (χ0n) is 10.4. The number of fused-ring (bicyclic) bond motifs is 1. The molecule has 0 aromatic carbocycles. The van der Waals surface area contributed by atoms with Crippen molar-refractivity contribution in [3.05, 3.63) is 53.6 Å². The molecule has 0 amide bonds. The van der Waals surface area contributed by atoms with Gasteiger partial charge in [0.1, 0.15) is 0 Å². The van der Waals surface area contributed by atoms with Crippen LogP contribution in [0.25, 0.3) is 0 Å². The molecule has 0 fully saturated rings. The monoisotopic (exact) mass is 242 g/mol. The number of aromatic nitrogens is 2. The Hall–Kier alpha value is -1.61. The summed E-state index contributed by atoms with van der Waals surface area (Å²) in [6.07, 6.45) is 11.9. The van der Waals surface area contributed by atoms with Crippen LogP contribution < -0.4 is 0 Å². The minimum absolute atomic E-state index is 0.277. The van der Waals surface area contributed by atoms with Crippen LogP contribution in [0.4, 0.5) is 0 Å². The number of rotatable bonds is 2. The van der Waals surface area contributed by atoms with Crippen molar-refractivity contribution in [2.75, 3.05) is 0 Å². The van der Waals surface area contributed by atoms with E-state index in [9.17, 15) is 5.11 Å². The maximum absolute atomic E-state index is 10.1. The van der Waals surface area contributed by atoms with Gasteiger partial charge in [0.2, 0.25) is 0 Å². The van der Waals surface area contributed by atoms with Gasteiger partial charge in [0.05, 0.1) is 6.10 Å². The number of hydrogen-bond acceptors (Lipinski definition) is 2. The topological polar surface area (TPSA) is 38.0 Å². The Labute approximate surface area is 107 Å². The molecular formula is C15H18N2O. The van der Waals surface area contributed by atoms with E-state index in [4.69, 9.17) is 0 Å². The summed E-state index contributed by atoms with van der Waals surface area (Å²) in [5.41, 5.74) is 3.68. The minimum atomic E-state index is -0.277. The predicted molar refractivity (Wildman–Crippen MR) is 70.3 cm³/mol. The highest BCUT2D eigenvalue weighted by Gasteiger charge is 2.18. The molecule has 0 bridgehead atoms. The summed E-state index contributed by atoms with van der Waals surface area (Å²) in [6, 6.07) is 4.06. The lowest BCUT2D eigenvalue weighted by molar-refractivity contribution is 0.166. The fourth-order valence-corrected chi connectivity index (χ4v) is 2.68. The molecule has 2 heterocycles. The number of pyridine rings is 1. The third kappa shape index (κ3) is 2.31. The van der Waals surface area contributed by atoms with Crippen LogP contribution in [0.5, 0.6) is 0 Å². The molecule has 0 radical (unpaired) electrons. The summed E-state index contributed by atoms with van der Waals surface area (Å²) in [5, 5.41) is 10.1. The van der Waals surface area contributed by atoms with Crippen LogP contribution in [0.2, 0.25) is 0 Å². The number of aliphatic hydroxyl groups excluding tert-OH is 1. The first-order valence-corrected chi connectivity index (χ1v) is 6.58. The second kappa shape index (κ2) is 4.94. The van der Waals surface area contributed by atoms with Gasteiger partial charge in [0.25, 0.3) is 0 Å². The summed E-state index contributed by atoms with van der Waals surface area (Å²) in [7, 11) is 0. The van der Waals surface area contributed by atoms with Crippen LogP contribution in [0.3, 0.4) is 0 Å². The van der Waals surface area contributed by atoms with Gasteiger partial charge in [0, 0.05) is 36.9 Å². The quantitative estimate of drug-likeness (QED) is 0.822. The molecule has 3 rings (SSSR count). The summed E-state index contributed by atoms with van der Waals surface area (Å²) >= 11 is 0. The van der Waals surface area contributed by atoms with Crippen LogP contribution in [0.1, 0.15) is 42.1 Å². The Bertz CT molecular complexity index is 519. The van der Waals surface area contributed by atoms with E-state index in [0.29, 0.717) is 0 Å². The first kappa shape index (κ1) is 11.5. The van der Waals surface area contributed by atoms with Gasteiger partial charge in [-0.25, -0.2) is 0 Å². The first-order valence-electron chi connectivity index (χ1n) is 6.58. The SMILES string of the molecule is OC1CCCCc2cn(Cc3ccncc3)cc21. The number of hydrogen-bond donors (Lipinski definition) is 1. The fourth-order valence-electron chi connectivity index (χ4n) is 2.68. The molecule has 0 saturated carbocycles. The molecule has 1 aliphatic rings. The van der Waals surface area contributed by atoms with Gasteiger partial charge in [-0.2, -0.15) is 0 Å². The maximum atomic E-state index is 10.1. The Morgan fingerprint density at radius 2 is 2.06 bits per heavy atom. The van der Waals surface area contributed by atoms with Crippen molar-refractivity contribution >= 4 is 0 Å². The largest absolute Gasteiger partial charge is 0.388 e. The van der Waals surface area contributed by atoms with Crippen molar-refractivity contribution in [2.24, 2.45) is 0 Å². The molecule has 3 heteroatoms. The molecule has 2 aromatic rings. The molecule has 0 aliphatic heterocycles. The standard InChI is InChI=1S/C15H18N2O/c18-15-4-2-1-3-13-10-17(11-14(13)15)9-12-5-7-16-8-6-12/h5-8,10-11,15,18H,1-4,9H2. The van der Waals surface area contributed by atoms with E-state index in [2.05, 4.69) is 21.9 Å². The lowest BCUT2D eigenvalue weighted by Crippen LogP contribution is -1.98. The Morgan fingerprint density at radius 1 is 1.22 bits per heavy atom. The normalized spacial score (nSPS) is 19.3. The smallest absolute Gasteiger partial charge is 0.0807 e. The number of aryl methyl sites for hydroxylation is 1. The zero-order valence-corrected chi connectivity index (χ0v) is 10.4. The number of aliphatic hydroxyl groups is 1. The first-order chi connectivity index (χ1) is 8.83. The van der Waals surface area contributed by atoms with Gasteiger partial charge in [0.15, 0.2) is 0 Å². The van der Waals surface area contributed by atoms with Gasteiger partial charge in [-0.1, -0.05) is 6.42 Å². The predicted octanol–water partition coefficient (Wildman–Crippen LogP) is 2.69. The van der Waals surface area contributed by atoms with Gasteiger partial charge in [-0.3, -0.25) is 4.98 Å². The minimum Gasteiger partial charge on any atom is -0.388 e. The Morgan fingerprint density at radius 3 is 2.89 bits per heavy atom. The van der Waals surface area contributed by atoms with E-state index in [0.717, 1.165) is 31.4 Å². The van der Waals surface area contributed by atoms with Crippen LogP contribution in [0.15, 0.2) is 36.9 Å². The van der Waals surface area contributed by atoms with Crippen molar-refractivity contribution in [2.45, 2.75) is 38.3 Å². The fraction of sp³-hybridized carbons (Fsp3) is 0.400. The Balaban J connectivity index is 1.85. The van der Waals surface area contributed by atoms with E-state index >= 15 is 0 Å². The molecular weight excluding hydrogens is 224 g/mol. The van der Waals surface area contributed by atoms with Crippen molar-refractivity contribution in [3.8, 4) is 0 Å².